The van der Waals surface area contributed by atoms with E-state index in [-0.39, 0.29) is 11.5 Å². The predicted octanol–water partition coefficient (Wildman–Crippen LogP) is 1.08. The summed E-state index contributed by atoms with van der Waals surface area (Å²) in [6.45, 7) is 1.56. The van der Waals surface area contributed by atoms with E-state index in [2.05, 4.69) is 0 Å². The van der Waals surface area contributed by atoms with Gasteiger partial charge in [-0.15, -0.1) is 0 Å². The first-order valence-electron chi connectivity index (χ1n) is 5.10. The summed E-state index contributed by atoms with van der Waals surface area (Å²) < 4.78 is 1.02. The van der Waals surface area contributed by atoms with Gasteiger partial charge in [-0.3, -0.25) is 9.59 Å². The maximum Gasteiger partial charge on any atom is 0.261 e. The van der Waals surface area contributed by atoms with E-state index in [1.807, 2.05) is 45.2 Å². The lowest BCUT2D eigenvalue weighted by Gasteiger charge is -2.19. The Balaban J connectivity index is 2.56. The van der Waals surface area contributed by atoms with Crippen LogP contribution in [0.4, 0.5) is 5.69 Å². The summed E-state index contributed by atoms with van der Waals surface area (Å²) in [5.41, 5.74) is 0.788. The third-order valence-electron chi connectivity index (χ3n) is 2.58. The zero-order valence-corrected chi connectivity index (χ0v) is 13.9. The number of imide groups is 1. The molecule has 19 heavy (non-hydrogen) atoms. The van der Waals surface area contributed by atoms with Crippen LogP contribution in [0.2, 0.25) is 0 Å². The van der Waals surface area contributed by atoms with E-state index >= 15 is 0 Å². The number of halogens is 2. The number of aromatic carboxylic acids is 1. The Kier molecular flexibility index (Phi) is 3.95. The molecule has 7 heteroatoms. The van der Waals surface area contributed by atoms with Crippen molar-refractivity contribution in [1.82, 2.24) is 0 Å². The van der Waals surface area contributed by atoms with E-state index in [4.69, 9.17) is 0 Å². The summed E-state index contributed by atoms with van der Waals surface area (Å²) in [5.74, 6) is -2.10. The van der Waals surface area contributed by atoms with Gasteiger partial charge < -0.3 is 9.90 Å². The van der Waals surface area contributed by atoms with Gasteiger partial charge in [0.15, 0.2) is 0 Å². The minimum atomic E-state index is -1.30. The molecule has 1 aliphatic heterocycles. The molecule has 1 heterocycles. The predicted molar refractivity (Wildman–Crippen MR) is 82.5 cm³/mol. The summed E-state index contributed by atoms with van der Waals surface area (Å²) >= 11 is 3.79. The zero-order chi connectivity index (χ0) is 14.3. The minimum absolute atomic E-state index is 0.0151. The number of amides is 2. The van der Waals surface area contributed by atoms with E-state index in [0.717, 1.165) is 4.90 Å². The SMILES string of the molecule is CC1=CC(=O)N(c2c(I)cc(C(=O)[O-])cc2I)C1=O. The average molecular weight is 482 g/mol. The normalized spacial score (nSPS) is 14.9. The second-order valence-corrected chi connectivity index (χ2v) is 6.21. The van der Waals surface area contributed by atoms with Crippen LogP contribution in [0.3, 0.4) is 0 Å². The van der Waals surface area contributed by atoms with Gasteiger partial charge in [-0.25, -0.2) is 4.90 Å². The van der Waals surface area contributed by atoms with Crippen LogP contribution >= 0.6 is 45.2 Å². The zero-order valence-electron chi connectivity index (χ0n) is 9.57. The molecule has 1 aromatic rings. The quantitative estimate of drug-likeness (QED) is 0.468. The van der Waals surface area contributed by atoms with Crippen molar-refractivity contribution in [1.29, 1.82) is 0 Å². The third-order valence-corrected chi connectivity index (χ3v) is 4.22. The number of benzene rings is 1. The lowest BCUT2D eigenvalue weighted by atomic mass is 10.2. The van der Waals surface area contributed by atoms with Gasteiger partial charge in [0.2, 0.25) is 0 Å². The minimum Gasteiger partial charge on any atom is -0.545 e. The number of hydrogen-bond acceptors (Lipinski definition) is 4. The van der Waals surface area contributed by atoms with Crippen molar-refractivity contribution < 1.29 is 19.5 Å². The molecule has 2 rings (SSSR count). The van der Waals surface area contributed by atoms with Crippen LogP contribution in [-0.4, -0.2) is 17.8 Å². The summed E-state index contributed by atoms with van der Waals surface area (Å²) in [7, 11) is 0. The number of rotatable bonds is 2. The molecule has 0 spiro atoms. The Morgan fingerprint density at radius 1 is 1.21 bits per heavy atom. The van der Waals surface area contributed by atoms with Gasteiger partial charge in [-0.05, 0) is 69.8 Å². The van der Waals surface area contributed by atoms with Crippen LogP contribution in [0, 0.1) is 7.14 Å². The monoisotopic (exact) mass is 482 g/mol. The standard InChI is InChI=1S/C12H7I2NO4/c1-5-2-9(16)15(11(5)17)10-7(13)3-6(12(18)19)4-8(10)14/h2-4H,1H3,(H,18,19)/p-1. The summed E-state index contributed by atoms with van der Waals surface area (Å²) in [6, 6.07) is 2.75. The van der Waals surface area contributed by atoms with Crippen LogP contribution in [0.1, 0.15) is 17.3 Å². The second-order valence-electron chi connectivity index (χ2n) is 3.88. The molecule has 0 aliphatic carbocycles. The number of nitrogens with zero attached hydrogens (tertiary/aromatic N) is 1. The van der Waals surface area contributed by atoms with Gasteiger partial charge >= 0.3 is 0 Å². The molecule has 1 aliphatic rings. The molecule has 5 nitrogen and oxygen atoms in total. The number of carboxylic acid groups (broad SMARTS) is 1. The molecule has 0 fully saturated rings. The number of carbonyl (C=O) groups excluding carboxylic acids is 3. The highest BCUT2D eigenvalue weighted by atomic mass is 127. The average Bonchev–Trinajstić information content (AvgIpc) is 2.54. The maximum atomic E-state index is 11.9. The van der Waals surface area contributed by atoms with Crippen molar-refractivity contribution in [3.05, 3.63) is 36.5 Å². The number of anilines is 1. The second kappa shape index (κ2) is 5.19. The van der Waals surface area contributed by atoms with Crippen molar-refractivity contribution in [2.45, 2.75) is 6.92 Å². The Morgan fingerprint density at radius 2 is 1.74 bits per heavy atom. The van der Waals surface area contributed by atoms with Crippen molar-refractivity contribution in [3.63, 3.8) is 0 Å². The van der Waals surface area contributed by atoms with Crippen LogP contribution in [0.5, 0.6) is 0 Å². The Morgan fingerprint density at radius 3 is 2.11 bits per heavy atom. The van der Waals surface area contributed by atoms with Crippen molar-refractivity contribution in [3.8, 4) is 0 Å². The van der Waals surface area contributed by atoms with Gasteiger partial charge in [0.25, 0.3) is 11.8 Å². The fourth-order valence-corrected chi connectivity index (χ4v) is 3.95. The molecule has 2 amide bonds. The lowest BCUT2D eigenvalue weighted by Crippen LogP contribution is -2.32. The summed E-state index contributed by atoms with van der Waals surface area (Å²) in [4.78, 5) is 35.6. The Hall–Kier alpha value is -0.970. The van der Waals surface area contributed by atoms with Crippen molar-refractivity contribution >= 4 is 68.7 Å². The highest BCUT2D eigenvalue weighted by Gasteiger charge is 2.32. The van der Waals surface area contributed by atoms with Gasteiger partial charge in [-0.2, -0.15) is 0 Å². The van der Waals surface area contributed by atoms with Crippen LogP contribution in [0.25, 0.3) is 0 Å². The lowest BCUT2D eigenvalue weighted by molar-refractivity contribution is -0.255. The van der Waals surface area contributed by atoms with Crippen molar-refractivity contribution in [2.24, 2.45) is 0 Å². The molecule has 0 atom stereocenters. The maximum absolute atomic E-state index is 11.9. The highest BCUT2D eigenvalue weighted by molar-refractivity contribution is 14.1. The van der Waals surface area contributed by atoms with Crippen LogP contribution in [-0.2, 0) is 9.59 Å². The highest BCUT2D eigenvalue weighted by Crippen LogP contribution is 2.33. The van der Waals surface area contributed by atoms with Crippen LogP contribution < -0.4 is 10.0 Å². The molecule has 0 N–H and O–H groups in total. The van der Waals surface area contributed by atoms with Crippen molar-refractivity contribution in [2.75, 3.05) is 4.90 Å². The number of hydrogen-bond donors (Lipinski definition) is 0. The van der Waals surface area contributed by atoms with Gasteiger partial charge in [0, 0.05) is 18.8 Å². The molecular weight excluding hydrogens is 476 g/mol. The fraction of sp³-hybridized carbons (Fsp3) is 0.0833. The number of carbonyl (C=O) groups is 3. The van der Waals surface area contributed by atoms with E-state index in [0.29, 0.717) is 18.4 Å². The number of carboxylic acids is 1. The first-order chi connectivity index (χ1) is 8.82. The Bertz CT molecular complexity index is 628. The molecule has 0 radical (unpaired) electrons. The first-order valence-corrected chi connectivity index (χ1v) is 7.25. The molecule has 0 saturated heterocycles. The molecule has 98 valence electrons. The first kappa shape index (κ1) is 14.4. The molecule has 0 bridgehead atoms. The molecule has 0 unspecified atom stereocenters. The van der Waals surface area contributed by atoms with Gasteiger partial charge in [-0.1, -0.05) is 0 Å². The molecule has 0 aromatic heterocycles. The fourth-order valence-electron chi connectivity index (χ4n) is 1.70. The summed E-state index contributed by atoms with van der Waals surface area (Å²) in [6.07, 6.45) is 1.27. The van der Waals surface area contributed by atoms with E-state index < -0.39 is 11.9 Å². The Labute approximate surface area is 135 Å². The topological polar surface area (TPSA) is 77.5 Å². The smallest absolute Gasteiger partial charge is 0.261 e. The van der Waals surface area contributed by atoms with E-state index in [9.17, 15) is 19.5 Å². The van der Waals surface area contributed by atoms with Gasteiger partial charge in [0.1, 0.15) is 0 Å². The third kappa shape index (κ3) is 2.53. The van der Waals surface area contributed by atoms with Gasteiger partial charge in [0.05, 0.1) is 11.7 Å². The summed E-state index contributed by atoms with van der Waals surface area (Å²) in [5, 5.41) is 10.8. The largest absolute Gasteiger partial charge is 0.545 e. The molecule has 0 saturated carbocycles. The molecule has 1 aromatic carbocycles. The molecular formula is C12H6I2NO4-. The van der Waals surface area contributed by atoms with E-state index in [1.54, 1.807) is 6.92 Å². The van der Waals surface area contributed by atoms with Crippen LogP contribution in [0.15, 0.2) is 23.8 Å². The van der Waals surface area contributed by atoms with E-state index in [1.165, 1.54) is 18.2 Å².